The Bertz CT molecular complexity index is 796. The molecule has 0 unspecified atom stereocenters. The Kier molecular flexibility index (Phi) is 4.66. The first-order valence-corrected chi connectivity index (χ1v) is 8.57. The zero-order valence-corrected chi connectivity index (χ0v) is 14.8. The quantitative estimate of drug-likeness (QED) is 0.865. The molecule has 0 spiro atoms. The van der Waals surface area contributed by atoms with Gasteiger partial charge in [-0.15, -0.1) is 0 Å². The molecular weight excluding hydrogens is 318 g/mol. The molecule has 3 rings (SSSR count). The average molecular weight is 341 g/mol. The highest BCUT2D eigenvalue weighted by atomic mass is 16.3. The van der Waals surface area contributed by atoms with Gasteiger partial charge in [0.05, 0.1) is 5.56 Å². The number of phenols is 1. The molecule has 0 saturated carbocycles. The second-order valence-corrected chi connectivity index (χ2v) is 6.69. The third-order valence-corrected chi connectivity index (χ3v) is 5.08. The predicted octanol–water partition coefficient (Wildman–Crippen LogP) is 3.65. The molecule has 1 amide bonds. The van der Waals surface area contributed by atoms with Crippen molar-refractivity contribution >= 4 is 11.7 Å². The lowest BCUT2D eigenvalue weighted by atomic mass is 9.88. The number of benzene rings is 1. The topological polar surface area (TPSA) is 70.8 Å². The Morgan fingerprint density at radius 2 is 1.64 bits per heavy atom. The van der Waals surface area contributed by atoms with Gasteiger partial charge in [-0.3, -0.25) is 9.59 Å². The van der Waals surface area contributed by atoms with Crippen molar-refractivity contribution in [3.8, 4) is 5.75 Å². The standard InChI is InChI=1S/C20H23NO4/c1-12-13(2)25-14(3)18(12)20(24)21-10-8-16(9-11-21)19(23)15-4-6-17(22)7-5-15/h4-7,16,22H,8-11H2,1-3H3. The molecule has 1 saturated heterocycles. The van der Waals surface area contributed by atoms with Gasteiger partial charge in [0, 0.05) is 30.1 Å². The molecule has 1 fully saturated rings. The number of furan rings is 1. The van der Waals surface area contributed by atoms with Crippen molar-refractivity contribution in [2.45, 2.75) is 33.6 Å². The van der Waals surface area contributed by atoms with E-state index < -0.39 is 0 Å². The van der Waals surface area contributed by atoms with E-state index in [-0.39, 0.29) is 23.4 Å². The fourth-order valence-electron chi connectivity index (χ4n) is 3.47. The number of aromatic hydroxyl groups is 1. The van der Waals surface area contributed by atoms with E-state index in [4.69, 9.17) is 4.42 Å². The van der Waals surface area contributed by atoms with Crippen LogP contribution in [0.1, 0.15) is 50.6 Å². The molecule has 1 aliphatic rings. The summed E-state index contributed by atoms with van der Waals surface area (Å²) in [7, 11) is 0. The molecule has 2 aromatic rings. The second-order valence-electron chi connectivity index (χ2n) is 6.69. The third kappa shape index (κ3) is 3.31. The molecule has 0 atom stereocenters. The lowest BCUT2D eigenvalue weighted by Crippen LogP contribution is -2.40. The Balaban J connectivity index is 1.66. The Morgan fingerprint density at radius 1 is 1.04 bits per heavy atom. The monoisotopic (exact) mass is 341 g/mol. The van der Waals surface area contributed by atoms with Crippen LogP contribution in [0.5, 0.6) is 5.75 Å². The van der Waals surface area contributed by atoms with Crippen LogP contribution in [-0.2, 0) is 0 Å². The molecule has 5 nitrogen and oxygen atoms in total. The molecule has 1 aromatic heterocycles. The summed E-state index contributed by atoms with van der Waals surface area (Å²) in [5, 5.41) is 9.34. The number of carbonyl (C=O) groups excluding carboxylic acids is 2. The summed E-state index contributed by atoms with van der Waals surface area (Å²) in [5.74, 6) is 1.57. The summed E-state index contributed by atoms with van der Waals surface area (Å²) in [4.78, 5) is 27.2. The van der Waals surface area contributed by atoms with Crippen LogP contribution in [0.4, 0.5) is 0 Å². The summed E-state index contributed by atoms with van der Waals surface area (Å²) in [6.07, 6.45) is 1.31. The first-order chi connectivity index (χ1) is 11.9. The van der Waals surface area contributed by atoms with E-state index in [1.165, 1.54) is 12.1 Å². The molecule has 1 aromatic carbocycles. The van der Waals surface area contributed by atoms with Crippen molar-refractivity contribution in [3.05, 3.63) is 52.5 Å². The Morgan fingerprint density at radius 3 is 2.16 bits per heavy atom. The molecule has 0 bridgehead atoms. The fraction of sp³-hybridized carbons (Fsp3) is 0.400. The second kappa shape index (κ2) is 6.75. The van der Waals surface area contributed by atoms with Gasteiger partial charge in [0.25, 0.3) is 5.91 Å². The normalized spacial score (nSPS) is 15.4. The number of Topliss-reactive ketones (excluding diaryl/α,β-unsaturated/α-hetero) is 1. The molecule has 5 heteroatoms. The van der Waals surface area contributed by atoms with Crippen LogP contribution in [0.15, 0.2) is 28.7 Å². The maximum atomic E-state index is 12.8. The van der Waals surface area contributed by atoms with Crippen molar-refractivity contribution in [3.63, 3.8) is 0 Å². The number of hydrogen-bond acceptors (Lipinski definition) is 4. The van der Waals surface area contributed by atoms with Gasteiger partial charge in [-0.25, -0.2) is 0 Å². The Labute approximate surface area is 147 Å². The molecular formula is C20H23NO4. The van der Waals surface area contributed by atoms with Crippen molar-refractivity contribution in [1.82, 2.24) is 4.90 Å². The van der Waals surface area contributed by atoms with Gasteiger partial charge in [-0.1, -0.05) is 0 Å². The number of rotatable bonds is 3. The highest BCUT2D eigenvalue weighted by Crippen LogP contribution is 2.27. The highest BCUT2D eigenvalue weighted by molar-refractivity contribution is 5.99. The zero-order chi connectivity index (χ0) is 18.1. The molecule has 2 heterocycles. The van der Waals surface area contributed by atoms with Crippen LogP contribution < -0.4 is 0 Å². The first-order valence-electron chi connectivity index (χ1n) is 8.57. The molecule has 132 valence electrons. The lowest BCUT2D eigenvalue weighted by molar-refractivity contribution is 0.0648. The largest absolute Gasteiger partial charge is 0.508 e. The number of phenolic OH excluding ortho intramolecular Hbond substituents is 1. The van der Waals surface area contributed by atoms with Gasteiger partial charge in [0.2, 0.25) is 0 Å². The van der Waals surface area contributed by atoms with E-state index in [0.717, 1.165) is 11.3 Å². The van der Waals surface area contributed by atoms with Gasteiger partial charge in [-0.2, -0.15) is 0 Å². The maximum absolute atomic E-state index is 12.8. The van der Waals surface area contributed by atoms with Crippen molar-refractivity contribution in [2.24, 2.45) is 5.92 Å². The van der Waals surface area contributed by atoms with Crippen LogP contribution in [-0.4, -0.2) is 34.8 Å². The predicted molar refractivity (Wildman–Crippen MR) is 94.0 cm³/mol. The van der Waals surface area contributed by atoms with Crippen LogP contribution in [0, 0.1) is 26.7 Å². The average Bonchev–Trinajstić information content (AvgIpc) is 2.87. The number of carbonyl (C=O) groups is 2. The number of nitrogens with zero attached hydrogens (tertiary/aromatic N) is 1. The van der Waals surface area contributed by atoms with Crippen LogP contribution in [0.25, 0.3) is 0 Å². The minimum absolute atomic E-state index is 0.0117. The molecule has 0 radical (unpaired) electrons. The Hall–Kier alpha value is -2.56. The van der Waals surface area contributed by atoms with Crippen molar-refractivity contribution < 1.29 is 19.1 Å². The minimum Gasteiger partial charge on any atom is -0.508 e. The number of aryl methyl sites for hydroxylation is 2. The number of hydrogen-bond donors (Lipinski definition) is 1. The summed E-state index contributed by atoms with van der Waals surface area (Å²) >= 11 is 0. The van der Waals surface area contributed by atoms with E-state index in [2.05, 4.69) is 0 Å². The zero-order valence-electron chi connectivity index (χ0n) is 14.8. The summed E-state index contributed by atoms with van der Waals surface area (Å²) in [6.45, 7) is 6.71. The number of amides is 1. The van der Waals surface area contributed by atoms with Crippen LogP contribution in [0.3, 0.4) is 0 Å². The number of likely N-dealkylation sites (tertiary alicyclic amines) is 1. The highest BCUT2D eigenvalue weighted by Gasteiger charge is 2.30. The van der Waals surface area contributed by atoms with E-state index in [1.807, 2.05) is 25.7 Å². The van der Waals surface area contributed by atoms with E-state index in [0.29, 0.717) is 42.8 Å². The summed E-state index contributed by atoms with van der Waals surface area (Å²) in [6, 6.07) is 6.35. The number of piperidine rings is 1. The van der Waals surface area contributed by atoms with Gasteiger partial charge in [-0.05, 0) is 57.9 Å². The smallest absolute Gasteiger partial charge is 0.257 e. The van der Waals surface area contributed by atoms with Gasteiger partial charge in [0.15, 0.2) is 5.78 Å². The van der Waals surface area contributed by atoms with E-state index in [1.54, 1.807) is 12.1 Å². The van der Waals surface area contributed by atoms with Gasteiger partial charge in [0.1, 0.15) is 17.3 Å². The fourth-order valence-corrected chi connectivity index (χ4v) is 3.47. The van der Waals surface area contributed by atoms with Gasteiger partial charge < -0.3 is 14.4 Å². The van der Waals surface area contributed by atoms with Crippen LogP contribution >= 0.6 is 0 Å². The molecule has 1 N–H and O–H groups in total. The maximum Gasteiger partial charge on any atom is 0.257 e. The first kappa shape index (κ1) is 17.3. The summed E-state index contributed by atoms with van der Waals surface area (Å²) in [5.41, 5.74) is 2.16. The van der Waals surface area contributed by atoms with E-state index >= 15 is 0 Å². The van der Waals surface area contributed by atoms with Crippen molar-refractivity contribution in [2.75, 3.05) is 13.1 Å². The lowest BCUT2D eigenvalue weighted by Gasteiger charge is -2.31. The third-order valence-electron chi connectivity index (χ3n) is 5.08. The van der Waals surface area contributed by atoms with Crippen LogP contribution in [0.2, 0.25) is 0 Å². The van der Waals surface area contributed by atoms with E-state index in [9.17, 15) is 14.7 Å². The molecule has 1 aliphatic heterocycles. The van der Waals surface area contributed by atoms with Crippen molar-refractivity contribution in [1.29, 1.82) is 0 Å². The molecule has 25 heavy (non-hydrogen) atoms. The SMILES string of the molecule is Cc1oc(C)c(C(=O)N2CCC(C(=O)c3ccc(O)cc3)CC2)c1C. The minimum atomic E-state index is -0.0816. The number of ketones is 1. The summed E-state index contributed by atoms with van der Waals surface area (Å²) < 4.78 is 5.56. The van der Waals surface area contributed by atoms with Gasteiger partial charge >= 0.3 is 0 Å². The molecule has 0 aliphatic carbocycles.